The Morgan fingerprint density at radius 1 is 1.45 bits per heavy atom. The van der Waals surface area contributed by atoms with Crippen molar-refractivity contribution in [1.82, 2.24) is 15.1 Å². The van der Waals surface area contributed by atoms with Crippen LogP contribution in [0, 0.1) is 11.3 Å². The van der Waals surface area contributed by atoms with Crippen LogP contribution in [0.4, 0.5) is 0 Å². The Morgan fingerprint density at radius 3 is 2.82 bits per heavy atom. The summed E-state index contributed by atoms with van der Waals surface area (Å²) in [7, 11) is 0. The van der Waals surface area contributed by atoms with E-state index in [1.165, 1.54) is 6.08 Å². The third kappa shape index (κ3) is 3.84. The van der Waals surface area contributed by atoms with Crippen LogP contribution >= 0.6 is 11.6 Å². The molecule has 1 aromatic carbocycles. The summed E-state index contributed by atoms with van der Waals surface area (Å²) in [6.07, 6.45) is 6.33. The van der Waals surface area contributed by atoms with Crippen molar-refractivity contribution in [3.63, 3.8) is 0 Å². The van der Waals surface area contributed by atoms with E-state index < -0.39 is 5.91 Å². The van der Waals surface area contributed by atoms with Gasteiger partial charge in [-0.2, -0.15) is 10.4 Å². The quantitative estimate of drug-likeness (QED) is 0.524. The number of hydrogen-bond donors (Lipinski definition) is 1. The molecule has 0 bridgehead atoms. The molecule has 0 fully saturated rings. The van der Waals surface area contributed by atoms with E-state index in [1.807, 2.05) is 18.2 Å². The molecule has 0 radical (unpaired) electrons. The molecule has 0 aliphatic rings. The molecule has 0 atom stereocenters. The lowest BCUT2D eigenvalue weighted by Crippen LogP contribution is -2.24. The number of aromatic nitrogens is 2. The Balaban J connectivity index is 2.21. The van der Waals surface area contributed by atoms with Crippen LogP contribution in [0.15, 0.2) is 54.9 Å². The Labute approximate surface area is 133 Å². The van der Waals surface area contributed by atoms with Crippen LogP contribution in [0.25, 0.3) is 11.8 Å². The smallest absolute Gasteiger partial charge is 0.262 e. The number of amides is 1. The third-order valence-corrected chi connectivity index (χ3v) is 3.03. The molecule has 5 nitrogen and oxygen atoms in total. The van der Waals surface area contributed by atoms with Crippen LogP contribution in [0.2, 0.25) is 5.02 Å². The highest BCUT2D eigenvalue weighted by Gasteiger charge is 2.08. The van der Waals surface area contributed by atoms with Crippen molar-refractivity contribution in [3.05, 3.63) is 65.5 Å². The first-order valence-electron chi connectivity index (χ1n) is 6.45. The summed E-state index contributed by atoms with van der Waals surface area (Å²) in [5.74, 6) is -0.443. The molecule has 0 aliphatic carbocycles. The van der Waals surface area contributed by atoms with Gasteiger partial charge in [0.15, 0.2) is 0 Å². The summed E-state index contributed by atoms with van der Waals surface area (Å²) >= 11 is 5.84. The SMILES string of the molecule is C=CCNC(=O)/C(C#N)=C\c1cnn(-c2ccc(Cl)cc2)c1. The van der Waals surface area contributed by atoms with Crippen molar-refractivity contribution in [2.75, 3.05) is 6.54 Å². The lowest BCUT2D eigenvalue weighted by atomic mass is 10.2. The van der Waals surface area contributed by atoms with E-state index >= 15 is 0 Å². The second-order valence-electron chi connectivity index (χ2n) is 4.36. The zero-order valence-electron chi connectivity index (χ0n) is 11.7. The Morgan fingerprint density at radius 2 is 2.18 bits per heavy atom. The standard InChI is InChI=1S/C16H13ClN4O/c1-2-7-19-16(22)13(9-18)8-12-10-20-21(11-12)15-5-3-14(17)4-6-15/h2-6,8,10-11H,1,7H2,(H,19,22)/b13-8-. The zero-order valence-corrected chi connectivity index (χ0v) is 12.4. The summed E-state index contributed by atoms with van der Waals surface area (Å²) in [5, 5.41) is 16.5. The topological polar surface area (TPSA) is 70.7 Å². The fourth-order valence-corrected chi connectivity index (χ4v) is 1.85. The van der Waals surface area contributed by atoms with Crippen molar-refractivity contribution in [2.45, 2.75) is 0 Å². The van der Waals surface area contributed by atoms with E-state index in [0.29, 0.717) is 17.1 Å². The lowest BCUT2D eigenvalue weighted by Gasteiger charge is -2.00. The van der Waals surface area contributed by atoms with Gasteiger partial charge < -0.3 is 5.32 Å². The molecule has 0 saturated carbocycles. The monoisotopic (exact) mass is 312 g/mol. The molecule has 0 spiro atoms. The van der Waals surface area contributed by atoms with Gasteiger partial charge in [-0.25, -0.2) is 4.68 Å². The maximum absolute atomic E-state index is 11.8. The molecule has 1 amide bonds. The molecule has 1 N–H and O–H groups in total. The van der Waals surface area contributed by atoms with Crippen molar-refractivity contribution in [3.8, 4) is 11.8 Å². The normalized spacial score (nSPS) is 10.8. The van der Waals surface area contributed by atoms with Gasteiger partial charge in [-0.15, -0.1) is 6.58 Å². The number of benzene rings is 1. The fourth-order valence-electron chi connectivity index (χ4n) is 1.72. The van der Waals surface area contributed by atoms with E-state index in [1.54, 1.807) is 35.3 Å². The molecule has 0 unspecified atom stereocenters. The van der Waals surface area contributed by atoms with Crippen LogP contribution in [0.1, 0.15) is 5.56 Å². The molecule has 1 aromatic heterocycles. The third-order valence-electron chi connectivity index (χ3n) is 2.78. The number of halogens is 1. The number of carbonyl (C=O) groups excluding carboxylic acids is 1. The van der Waals surface area contributed by atoms with Gasteiger partial charge in [0.1, 0.15) is 11.6 Å². The maximum atomic E-state index is 11.8. The highest BCUT2D eigenvalue weighted by molar-refractivity contribution is 6.30. The summed E-state index contributed by atoms with van der Waals surface area (Å²) in [4.78, 5) is 11.8. The highest BCUT2D eigenvalue weighted by atomic mass is 35.5. The molecule has 2 rings (SSSR count). The van der Waals surface area contributed by atoms with Crippen LogP contribution in [-0.4, -0.2) is 22.2 Å². The number of hydrogen-bond acceptors (Lipinski definition) is 3. The first kappa shape index (κ1) is 15.5. The van der Waals surface area contributed by atoms with Crippen molar-refractivity contribution in [2.24, 2.45) is 0 Å². The minimum atomic E-state index is -0.443. The molecule has 0 aliphatic heterocycles. The molecule has 1 heterocycles. The number of rotatable bonds is 5. The molecule has 2 aromatic rings. The summed E-state index contributed by atoms with van der Waals surface area (Å²) in [6, 6.07) is 9.05. The molecule has 0 saturated heterocycles. The molecule has 22 heavy (non-hydrogen) atoms. The second-order valence-corrected chi connectivity index (χ2v) is 4.80. The largest absolute Gasteiger partial charge is 0.348 e. The fraction of sp³-hybridized carbons (Fsp3) is 0.0625. The average Bonchev–Trinajstić information content (AvgIpc) is 2.99. The predicted octanol–water partition coefficient (Wildman–Crippen LogP) is 2.73. The van der Waals surface area contributed by atoms with Crippen molar-refractivity contribution in [1.29, 1.82) is 5.26 Å². The minimum Gasteiger partial charge on any atom is -0.348 e. The molecular weight excluding hydrogens is 300 g/mol. The van der Waals surface area contributed by atoms with Gasteiger partial charge in [0.2, 0.25) is 0 Å². The molecule has 6 heteroatoms. The van der Waals surface area contributed by atoms with Gasteiger partial charge in [-0.1, -0.05) is 17.7 Å². The van der Waals surface area contributed by atoms with Crippen LogP contribution in [0.5, 0.6) is 0 Å². The number of nitrogens with one attached hydrogen (secondary N) is 1. The van der Waals surface area contributed by atoms with Crippen LogP contribution < -0.4 is 5.32 Å². The zero-order chi connectivity index (χ0) is 15.9. The highest BCUT2D eigenvalue weighted by Crippen LogP contribution is 2.14. The van der Waals surface area contributed by atoms with Gasteiger partial charge in [-0.3, -0.25) is 4.79 Å². The van der Waals surface area contributed by atoms with Gasteiger partial charge in [0, 0.05) is 23.3 Å². The van der Waals surface area contributed by atoms with E-state index in [2.05, 4.69) is 17.0 Å². The van der Waals surface area contributed by atoms with Crippen LogP contribution in [0.3, 0.4) is 0 Å². The Bertz CT molecular complexity index is 753. The summed E-state index contributed by atoms with van der Waals surface area (Å²) in [6.45, 7) is 3.81. The molecular formula is C16H13ClN4O. The first-order valence-corrected chi connectivity index (χ1v) is 6.83. The number of nitriles is 1. The lowest BCUT2D eigenvalue weighted by molar-refractivity contribution is -0.116. The minimum absolute atomic E-state index is 0.0116. The van der Waals surface area contributed by atoms with Crippen LogP contribution in [-0.2, 0) is 4.79 Å². The number of nitrogens with zero attached hydrogens (tertiary/aromatic N) is 3. The average molecular weight is 313 g/mol. The van der Waals surface area contributed by atoms with E-state index in [4.69, 9.17) is 16.9 Å². The van der Waals surface area contributed by atoms with Gasteiger partial charge in [0.05, 0.1) is 11.9 Å². The Hall–Kier alpha value is -2.84. The van der Waals surface area contributed by atoms with Crippen molar-refractivity contribution >= 4 is 23.6 Å². The maximum Gasteiger partial charge on any atom is 0.262 e. The second kappa shape index (κ2) is 7.25. The number of carbonyl (C=O) groups is 1. The first-order chi connectivity index (χ1) is 10.6. The predicted molar refractivity (Wildman–Crippen MR) is 85.4 cm³/mol. The molecule has 110 valence electrons. The Kier molecular flexibility index (Phi) is 5.12. The van der Waals surface area contributed by atoms with Crippen molar-refractivity contribution < 1.29 is 4.79 Å². The van der Waals surface area contributed by atoms with Gasteiger partial charge in [0.25, 0.3) is 5.91 Å². The van der Waals surface area contributed by atoms with E-state index in [9.17, 15) is 4.79 Å². The van der Waals surface area contributed by atoms with E-state index in [0.717, 1.165) is 5.69 Å². The summed E-state index contributed by atoms with van der Waals surface area (Å²) < 4.78 is 1.64. The van der Waals surface area contributed by atoms with Gasteiger partial charge in [-0.05, 0) is 30.3 Å². The van der Waals surface area contributed by atoms with Gasteiger partial charge >= 0.3 is 0 Å². The van der Waals surface area contributed by atoms with E-state index in [-0.39, 0.29) is 5.57 Å². The summed E-state index contributed by atoms with van der Waals surface area (Å²) in [5.41, 5.74) is 1.50.